The van der Waals surface area contributed by atoms with Gasteiger partial charge in [0, 0.05) is 38.3 Å². The van der Waals surface area contributed by atoms with Crippen molar-refractivity contribution in [2.75, 3.05) is 40.3 Å². The topological polar surface area (TPSA) is 47.6 Å². The van der Waals surface area contributed by atoms with E-state index in [0.717, 1.165) is 32.6 Å². The highest BCUT2D eigenvalue weighted by atomic mass is 16.2. The fourth-order valence-corrected chi connectivity index (χ4v) is 3.87. The van der Waals surface area contributed by atoms with Gasteiger partial charge in [0.25, 0.3) is 0 Å². The molecule has 2 N–H and O–H groups in total. The fourth-order valence-electron chi connectivity index (χ4n) is 3.87. The summed E-state index contributed by atoms with van der Waals surface area (Å²) in [7, 11) is 4.30. The summed E-state index contributed by atoms with van der Waals surface area (Å²) < 4.78 is 0. The van der Waals surface area contributed by atoms with Crippen molar-refractivity contribution in [2.45, 2.75) is 57.5 Å². The molecule has 2 rings (SSSR count). The maximum absolute atomic E-state index is 12.2. The van der Waals surface area contributed by atoms with Crippen LogP contribution in [0.2, 0.25) is 0 Å². The van der Waals surface area contributed by atoms with E-state index in [-0.39, 0.29) is 6.03 Å². The third-order valence-electron chi connectivity index (χ3n) is 5.36. The molecular formula is C17H34N4O. The summed E-state index contributed by atoms with van der Waals surface area (Å²) in [6.07, 6.45) is 7.44. The Bertz CT molecular complexity index is 348. The van der Waals surface area contributed by atoms with Gasteiger partial charge in [-0.15, -0.1) is 0 Å². The van der Waals surface area contributed by atoms with Gasteiger partial charge in [0.15, 0.2) is 0 Å². The van der Waals surface area contributed by atoms with Crippen LogP contribution < -0.4 is 10.6 Å². The molecule has 0 unspecified atom stereocenters. The van der Waals surface area contributed by atoms with Crippen molar-refractivity contribution >= 4 is 6.03 Å². The summed E-state index contributed by atoms with van der Waals surface area (Å²) in [4.78, 5) is 16.9. The Morgan fingerprint density at radius 2 is 1.95 bits per heavy atom. The van der Waals surface area contributed by atoms with Crippen LogP contribution in [0.5, 0.6) is 0 Å². The van der Waals surface area contributed by atoms with Gasteiger partial charge in [0.2, 0.25) is 0 Å². The Labute approximate surface area is 135 Å². The molecule has 1 heterocycles. The highest BCUT2D eigenvalue weighted by molar-refractivity contribution is 5.74. The molecule has 2 aliphatic rings. The Hall–Kier alpha value is -0.810. The highest BCUT2D eigenvalue weighted by Crippen LogP contribution is 2.27. The maximum atomic E-state index is 12.2. The largest absolute Gasteiger partial charge is 0.337 e. The molecular weight excluding hydrogens is 276 g/mol. The van der Waals surface area contributed by atoms with Crippen LogP contribution in [0.4, 0.5) is 4.79 Å². The zero-order valence-electron chi connectivity index (χ0n) is 14.6. The van der Waals surface area contributed by atoms with E-state index in [0.29, 0.717) is 18.0 Å². The van der Waals surface area contributed by atoms with E-state index in [2.05, 4.69) is 41.5 Å². The second-order valence-corrected chi connectivity index (χ2v) is 7.19. The van der Waals surface area contributed by atoms with Crippen molar-refractivity contribution in [1.82, 2.24) is 20.4 Å². The zero-order valence-corrected chi connectivity index (χ0v) is 14.6. The molecule has 2 fully saturated rings. The smallest absolute Gasteiger partial charge is 0.315 e. The monoisotopic (exact) mass is 310 g/mol. The molecule has 5 heteroatoms. The standard InChI is InChI=1S/C17H34N4O/c1-4-7-14-8-5-6-9-16(14)19-17(22)18-12-15-13-20(2)10-11-21(15)3/h14-16H,4-13H2,1-3H3,(H2,18,19,22)/t14-,15+,16-/m1/s1. The molecule has 1 aliphatic carbocycles. The van der Waals surface area contributed by atoms with Gasteiger partial charge in [0.05, 0.1) is 0 Å². The second-order valence-electron chi connectivity index (χ2n) is 7.19. The van der Waals surface area contributed by atoms with Gasteiger partial charge in [-0.2, -0.15) is 0 Å². The molecule has 0 spiro atoms. The number of carbonyl (C=O) groups is 1. The number of urea groups is 1. The van der Waals surface area contributed by atoms with Crippen LogP contribution in [0.25, 0.3) is 0 Å². The molecule has 3 atom stereocenters. The van der Waals surface area contributed by atoms with Gasteiger partial charge in [-0.1, -0.05) is 26.2 Å². The van der Waals surface area contributed by atoms with Gasteiger partial charge in [-0.3, -0.25) is 4.90 Å². The number of hydrogen-bond donors (Lipinski definition) is 2. The molecule has 2 amide bonds. The van der Waals surface area contributed by atoms with Gasteiger partial charge >= 0.3 is 6.03 Å². The van der Waals surface area contributed by atoms with Gasteiger partial charge in [-0.05, 0) is 39.3 Å². The first-order chi connectivity index (χ1) is 10.6. The Kier molecular flexibility index (Phi) is 6.96. The highest BCUT2D eigenvalue weighted by Gasteiger charge is 2.26. The van der Waals surface area contributed by atoms with E-state index in [1.807, 2.05) is 0 Å². The van der Waals surface area contributed by atoms with Gasteiger partial charge in [0.1, 0.15) is 0 Å². The minimum atomic E-state index is 0.0228. The predicted molar refractivity (Wildman–Crippen MR) is 91.1 cm³/mol. The van der Waals surface area contributed by atoms with Crippen LogP contribution in [0.3, 0.4) is 0 Å². The number of nitrogens with one attached hydrogen (secondary N) is 2. The van der Waals surface area contributed by atoms with Crippen molar-refractivity contribution in [2.24, 2.45) is 5.92 Å². The Balaban J connectivity index is 1.74. The van der Waals surface area contributed by atoms with E-state index in [1.54, 1.807) is 0 Å². The average molecular weight is 310 g/mol. The van der Waals surface area contributed by atoms with Crippen LogP contribution >= 0.6 is 0 Å². The lowest BCUT2D eigenvalue weighted by molar-refractivity contribution is 0.114. The first-order valence-electron chi connectivity index (χ1n) is 9.03. The van der Waals surface area contributed by atoms with Gasteiger partial charge < -0.3 is 15.5 Å². The van der Waals surface area contributed by atoms with Crippen molar-refractivity contribution in [3.05, 3.63) is 0 Å². The minimum Gasteiger partial charge on any atom is -0.337 e. The molecule has 22 heavy (non-hydrogen) atoms. The molecule has 1 saturated heterocycles. The van der Waals surface area contributed by atoms with Gasteiger partial charge in [-0.25, -0.2) is 4.79 Å². The minimum absolute atomic E-state index is 0.0228. The summed E-state index contributed by atoms with van der Waals surface area (Å²) in [6.45, 7) is 6.18. The molecule has 0 bridgehead atoms. The first-order valence-corrected chi connectivity index (χ1v) is 9.03. The predicted octanol–water partition coefficient (Wildman–Crippen LogP) is 1.89. The third kappa shape index (κ3) is 5.13. The van der Waals surface area contributed by atoms with E-state index < -0.39 is 0 Å². The molecule has 0 aromatic rings. The molecule has 128 valence electrons. The number of piperazine rings is 1. The number of likely N-dealkylation sites (N-methyl/N-ethyl adjacent to an activating group) is 2. The van der Waals surface area contributed by atoms with Crippen LogP contribution in [0.1, 0.15) is 45.4 Å². The number of amides is 2. The molecule has 5 nitrogen and oxygen atoms in total. The number of nitrogens with zero attached hydrogens (tertiary/aromatic N) is 2. The van der Waals surface area contributed by atoms with Crippen LogP contribution in [-0.4, -0.2) is 68.2 Å². The average Bonchev–Trinajstić information content (AvgIpc) is 2.50. The van der Waals surface area contributed by atoms with Crippen LogP contribution in [0.15, 0.2) is 0 Å². The number of carbonyl (C=O) groups excluding carboxylic acids is 1. The van der Waals surface area contributed by atoms with E-state index in [4.69, 9.17) is 0 Å². The third-order valence-corrected chi connectivity index (χ3v) is 5.36. The number of rotatable bonds is 5. The van der Waals surface area contributed by atoms with Crippen LogP contribution in [-0.2, 0) is 0 Å². The molecule has 0 aromatic carbocycles. The lowest BCUT2D eigenvalue weighted by atomic mass is 9.82. The second kappa shape index (κ2) is 8.73. The summed E-state index contributed by atoms with van der Waals surface area (Å²) in [5.41, 5.74) is 0. The van der Waals surface area contributed by atoms with Crippen molar-refractivity contribution in [3.63, 3.8) is 0 Å². The lowest BCUT2D eigenvalue weighted by Crippen LogP contribution is -2.56. The lowest BCUT2D eigenvalue weighted by Gasteiger charge is -2.38. The normalized spacial score (nSPS) is 31.0. The van der Waals surface area contributed by atoms with E-state index in [9.17, 15) is 4.79 Å². The first kappa shape index (κ1) is 17.5. The molecule has 1 aliphatic heterocycles. The fraction of sp³-hybridized carbons (Fsp3) is 0.941. The summed E-state index contributed by atoms with van der Waals surface area (Å²) in [6, 6.07) is 0.817. The maximum Gasteiger partial charge on any atom is 0.315 e. The molecule has 1 saturated carbocycles. The van der Waals surface area contributed by atoms with Crippen molar-refractivity contribution in [3.8, 4) is 0 Å². The summed E-state index contributed by atoms with van der Waals surface area (Å²) in [5, 5.41) is 6.33. The quantitative estimate of drug-likeness (QED) is 0.815. The Morgan fingerprint density at radius 1 is 1.18 bits per heavy atom. The molecule has 0 radical (unpaired) electrons. The summed E-state index contributed by atoms with van der Waals surface area (Å²) in [5.74, 6) is 0.674. The van der Waals surface area contributed by atoms with E-state index in [1.165, 1.54) is 32.1 Å². The molecule has 0 aromatic heterocycles. The zero-order chi connectivity index (χ0) is 15.9. The van der Waals surface area contributed by atoms with Crippen molar-refractivity contribution in [1.29, 1.82) is 0 Å². The summed E-state index contributed by atoms with van der Waals surface area (Å²) >= 11 is 0. The van der Waals surface area contributed by atoms with Crippen LogP contribution in [0, 0.1) is 5.92 Å². The number of hydrogen-bond acceptors (Lipinski definition) is 3. The Morgan fingerprint density at radius 3 is 2.73 bits per heavy atom. The van der Waals surface area contributed by atoms with E-state index >= 15 is 0 Å². The van der Waals surface area contributed by atoms with Crippen molar-refractivity contribution < 1.29 is 4.79 Å². The SMILES string of the molecule is CCC[C@@H]1CCCC[C@H]1NC(=O)NC[C@H]1CN(C)CCN1C.